The van der Waals surface area contributed by atoms with Crippen molar-refractivity contribution in [3.8, 4) is 11.1 Å². The second kappa shape index (κ2) is 10.9. The first-order chi connectivity index (χ1) is 19.4. The number of H-pyrrole nitrogens is 1. The minimum atomic E-state index is -3.91. The van der Waals surface area contributed by atoms with Gasteiger partial charge in [0.05, 0.1) is 28.9 Å². The summed E-state index contributed by atoms with van der Waals surface area (Å²) < 4.78 is 48.9. The number of hydrogen-bond acceptors (Lipinski definition) is 7. The van der Waals surface area contributed by atoms with Crippen molar-refractivity contribution in [1.29, 1.82) is 0 Å². The number of nitrogens with zero attached hydrogens (tertiary/aromatic N) is 3. The Labute approximate surface area is 240 Å². The minimum absolute atomic E-state index is 0.0748. The zero-order chi connectivity index (χ0) is 29.6. The van der Waals surface area contributed by atoms with E-state index in [0.717, 1.165) is 29.0 Å². The van der Waals surface area contributed by atoms with Crippen molar-refractivity contribution < 1.29 is 26.8 Å². The van der Waals surface area contributed by atoms with Crippen LogP contribution < -0.4 is 10.0 Å². The van der Waals surface area contributed by atoms with Crippen molar-refractivity contribution in [1.82, 2.24) is 14.8 Å². The van der Waals surface area contributed by atoms with Crippen LogP contribution in [0.1, 0.15) is 26.3 Å². The average Bonchev–Trinajstić information content (AvgIpc) is 3.30. The Balaban J connectivity index is 1.69. The van der Waals surface area contributed by atoms with Gasteiger partial charge < -0.3 is 25.1 Å². The maximum absolute atomic E-state index is 13.3. The maximum Gasteiger partial charge on any atom is 0.254 e. The number of sulfonamides is 1. The number of carbonyl (C=O) groups is 2. The molecule has 3 aromatic carbocycles. The zero-order valence-corrected chi connectivity index (χ0v) is 24.5. The number of primary amides is 1. The zero-order valence-electron chi connectivity index (χ0n) is 22.8. The molecule has 1 aliphatic rings. The molecule has 5 rings (SSSR count). The normalized spacial score (nSPS) is 15.4. The number of nitrogens with one attached hydrogen (secondary N) is 1. The highest BCUT2D eigenvalue weighted by atomic mass is 32.2. The number of amides is 2. The molecule has 41 heavy (non-hydrogen) atoms. The number of anilines is 1. The van der Waals surface area contributed by atoms with Gasteiger partial charge in [0, 0.05) is 48.0 Å². The molecule has 2 heterocycles. The summed E-state index contributed by atoms with van der Waals surface area (Å²) in [4.78, 5) is 32.9. The van der Waals surface area contributed by atoms with Crippen LogP contribution in [0.15, 0.2) is 48.5 Å². The third-order valence-corrected chi connectivity index (χ3v) is 9.30. The molecule has 4 aromatic rings. The summed E-state index contributed by atoms with van der Waals surface area (Å²) in [7, 11) is -1.89. The van der Waals surface area contributed by atoms with Crippen molar-refractivity contribution in [2.45, 2.75) is 6.92 Å². The van der Waals surface area contributed by atoms with Crippen molar-refractivity contribution in [2.75, 3.05) is 49.7 Å². The van der Waals surface area contributed by atoms with Crippen molar-refractivity contribution >= 4 is 60.4 Å². The monoisotopic (exact) mass is 596 g/mol. The minimum Gasteiger partial charge on any atom is -0.771 e. The van der Waals surface area contributed by atoms with Crippen LogP contribution >= 0.6 is 0 Å². The fourth-order valence-electron chi connectivity index (χ4n) is 5.39. The molecule has 0 radical (unpaired) electrons. The fraction of sp³-hybridized carbons (Fsp3) is 0.286. The Morgan fingerprint density at radius 3 is 2.41 bits per heavy atom. The summed E-state index contributed by atoms with van der Waals surface area (Å²) in [6.07, 6.45) is 0.951. The molecule has 216 valence electrons. The molecule has 1 atom stereocenters. The summed E-state index contributed by atoms with van der Waals surface area (Å²) in [6, 6.07) is 13.7. The fourth-order valence-corrected chi connectivity index (χ4v) is 7.30. The number of benzene rings is 3. The lowest BCUT2D eigenvalue weighted by atomic mass is 9.93. The molecule has 1 fully saturated rings. The Morgan fingerprint density at radius 1 is 1.07 bits per heavy atom. The third kappa shape index (κ3) is 5.45. The van der Waals surface area contributed by atoms with Crippen LogP contribution in [0.2, 0.25) is 0 Å². The number of fused-ring (bicyclic) bond motifs is 3. The molecule has 1 aliphatic heterocycles. The first kappa shape index (κ1) is 28.7. The molecule has 0 saturated carbocycles. The molecule has 11 nitrogen and oxygen atoms in total. The van der Waals surface area contributed by atoms with E-state index in [9.17, 15) is 26.8 Å². The molecule has 13 heteroatoms. The van der Waals surface area contributed by atoms with E-state index in [1.54, 1.807) is 49.4 Å². The van der Waals surface area contributed by atoms with Crippen LogP contribution in [0, 0.1) is 6.92 Å². The molecule has 0 spiro atoms. The second-order valence-corrected chi connectivity index (χ2v) is 13.0. The van der Waals surface area contributed by atoms with Gasteiger partial charge in [0.2, 0.25) is 10.0 Å². The van der Waals surface area contributed by atoms with Gasteiger partial charge in [-0.05, 0) is 66.0 Å². The molecule has 2 amide bonds. The van der Waals surface area contributed by atoms with Gasteiger partial charge in [-0.25, -0.2) is 8.42 Å². The van der Waals surface area contributed by atoms with E-state index in [0.29, 0.717) is 51.8 Å². The van der Waals surface area contributed by atoms with Gasteiger partial charge in [-0.2, -0.15) is 0 Å². The predicted molar refractivity (Wildman–Crippen MR) is 159 cm³/mol. The van der Waals surface area contributed by atoms with E-state index in [4.69, 9.17) is 5.73 Å². The largest absolute Gasteiger partial charge is 0.771 e. The third-order valence-electron chi connectivity index (χ3n) is 7.54. The molecule has 0 bridgehead atoms. The van der Waals surface area contributed by atoms with Crippen LogP contribution in [0.4, 0.5) is 5.69 Å². The lowest BCUT2D eigenvalue weighted by Gasteiger charge is -2.32. The standard InChI is InChI=1S/C28H31N5O6S2/c1-17-19(5-4-6-24(17)33(16-40(36)37)41(3,38)39)20-9-10-22(27(29)34)26-25(20)21-8-7-18(15-23(21)30-26)28(35)32-13-11-31(2)12-14-32/h4-10,15,30H,11-14,16H2,1-3H3,(H2,29,34)(H,36,37)/p-1. The Hall–Kier alpha value is -3.78. The van der Waals surface area contributed by atoms with E-state index in [-0.39, 0.29) is 17.2 Å². The van der Waals surface area contributed by atoms with E-state index in [2.05, 4.69) is 9.88 Å². The van der Waals surface area contributed by atoms with Gasteiger partial charge in [0.25, 0.3) is 11.8 Å². The van der Waals surface area contributed by atoms with E-state index in [1.807, 2.05) is 18.0 Å². The Kier molecular flexibility index (Phi) is 7.64. The lowest BCUT2D eigenvalue weighted by Crippen LogP contribution is -2.47. The summed E-state index contributed by atoms with van der Waals surface area (Å²) in [5.41, 5.74) is 9.71. The topological polar surface area (TPSA) is 160 Å². The van der Waals surface area contributed by atoms with Gasteiger partial charge in [0.1, 0.15) is 0 Å². The quantitative estimate of drug-likeness (QED) is 0.310. The van der Waals surface area contributed by atoms with E-state index >= 15 is 0 Å². The van der Waals surface area contributed by atoms with Crippen LogP contribution in [0.25, 0.3) is 32.9 Å². The molecular formula is C28H30N5O6S2-. The van der Waals surface area contributed by atoms with Gasteiger partial charge >= 0.3 is 0 Å². The number of carbonyl (C=O) groups excluding carboxylic acids is 2. The molecule has 1 saturated heterocycles. The van der Waals surface area contributed by atoms with Gasteiger partial charge in [-0.3, -0.25) is 18.1 Å². The van der Waals surface area contributed by atoms with Crippen molar-refractivity contribution in [3.05, 3.63) is 65.2 Å². The summed E-state index contributed by atoms with van der Waals surface area (Å²) in [5.74, 6) is -1.43. The van der Waals surface area contributed by atoms with Crippen LogP contribution in [-0.2, 0) is 21.1 Å². The lowest BCUT2D eigenvalue weighted by molar-refractivity contribution is 0.0664. The molecule has 1 unspecified atom stereocenters. The average molecular weight is 597 g/mol. The van der Waals surface area contributed by atoms with Crippen molar-refractivity contribution in [2.24, 2.45) is 5.73 Å². The van der Waals surface area contributed by atoms with Crippen molar-refractivity contribution in [3.63, 3.8) is 0 Å². The SMILES string of the molecule is Cc1c(-c2ccc(C(N)=O)c3[nH]c4cc(C(=O)N5CCN(C)CC5)ccc4c23)cccc1N(CS(=O)[O-])S(C)(=O)=O. The number of rotatable bonds is 7. The summed E-state index contributed by atoms with van der Waals surface area (Å²) in [5, 5.41) is 1.42. The van der Waals surface area contributed by atoms with Gasteiger partial charge in [-0.1, -0.05) is 24.3 Å². The van der Waals surface area contributed by atoms with E-state index < -0.39 is 32.9 Å². The Bertz CT molecular complexity index is 1830. The number of piperazine rings is 1. The van der Waals surface area contributed by atoms with Crippen LogP contribution in [0.3, 0.4) is 0 Å². The number of likely N-dealkylation sites (N-methyl/N-ethyl adjacent to an activating group) is 1. The van der Waals surface area contributed by atoms with Gasteiger partial charge in [0.15, 0.2) is 0 Å². The molecule has 0 aliphatic carbocycles. The molecule has 3 N–H and O–H groups in total. The highest BCUT2D eigenvalue weighted by Gasteiger charge is 2.25. The second-order valence-electron chi connectivity index (χ2n) is 10.2. The first-order valence-corrected chi connectivity index (χ1v) is 16.0. The van der Waals surface area contributed by atoms with Gasteiger partial charge in [-0.15, -0.1) is 0 Å². The number of nitrogens with two attached hydrogens (primary N) is 1. The highest BCUT2D eigenvalue weighted by Crippen LogP contribution is 2.40. The number of aromatic amines is 1. The number of hydrogen-bond donors (Lipinski definition) is 2. The first-order valence-electron chi connectivity index (χ1n) is 12.9. The van der Waals surface area contributed by atoms with Crippen LogP contribution in [-0.4, -0.2) is 89.1 Å². The van der Waals surface area contributed by atoms with Crippen LogP contribution in [0.5, 0.6) is 0 Å². The summed E-state index contributed by atoms with van der Waals surface area (Å²) >= 11 is -2.65. The smallest absolute Gasteiger partial charge is 0.254 e. The maximum atomic E-state index is 13.3. The molecule has 1 aromatic heterocycles. The summed E-state index contributed by atoms with van der Waals surface area (Å²) in [6.45, 7) is 4.58. The highest BCUT2D eigenvalue weighted by molar-refractivity contribution is 7.93. The molecular weight excluding hydrogens is 566 g/mol. The Morgan fingerprint density at radius 2 is 1.78 bits per heavy atom. The van der Waals surface area contributed by atoms with E-state index in [1.165, 1.54) is 0 Å². The predicted octanol–water partition coefficient (Wildman–Crippen LogP) is 2.39. The number of aromatic nitrogens is 1.